The van der Waals surface area contributed by atoms with Crippen LogP contribution in [0.15, 0.2) is 48.9 Å². The summed E-state index contributed by atoms with van der Waals surface area (Å²) < 4.78 is 0. The van der Waals surface area contributed by atoms with E-state index in [1.807, 2.05) is 12.1 Å². The van der Waals surface area contributed by atoms with E-state index >= 15 is 0 Å². The molecule has 0 amide bonds. The van der Waals surface area contributed by atoms with Crippen LogP contribution in [0.2, 0.25) is 0 Å². The second kappa shape index (κ2) is 6.52. The molecule has 4 nitrogen and oxygen atoms in total. The summed E-state index contributed by atoms with van der Waals surface area (Å²) in [6, 6.07) is 12.7. The van der Waals surface area contributed by atoms with Gasteiger partial charge in [0, 0.05) is 12.7 Å². The zero-order chi connectivity index (χ0) is 15.4. The quantitative estimate of drug-likeness (QED) is 0.777. The Hall–Kier alpha value is -2.49. The van der Waals surface area contributed by atoms with Gasteiger partial charge in [-0.15, -0.1) is 0 Å². The highest BCUT2D eigenvalue weighted by molar-refractivity contribution is 5.85. The first-order valence-corrected chi connectivity index (χ1v) is 7.62. The molecule has 1 aromatic carbocycles. The molecule has 0 aliphatic rings. The van der Waals surface area contributed by atoms with Gasteiger partial charge in [0.1, 0.15) is 12.1 Å². The molecule has 0 aliphatic carbocycles. The summed E-state index contributed by atoms with van der Waals surface area (Å²) in [6.07, 6.45) is 4.26. The molecule has 22 heavy (non-hydrogen) atoms. The van der Waals surface area contributed by atoms with Crippen molar-refractivity contribution in [1.82, 2.24) is 15.0 Å². The number of benzene rings is 1. The normalized spacial score (nSPS) is 11.0. The Bertz CT molecular complexity index is 745. The highest BCUT2D eigenvalue weighted by atomic mass is 15.0. The lowest BCUT2D eigenvalue weighted by Crippen LogP contribution is -2.07. The highest BCUT2D eigenvalue weighted by Gasteiger charge is 2.03. The van der Waals surface area contributed by atoms with Crippen molar-refractivity contribution in [3.63, 3.8) is 0 Å². The summed E-state index contributed by atoms with van der Waals surface area (Å²) >= 11 is 0. The van der Waals surface area contributed by atoms with Crippen LogP contribution < -0.4 is 5.32 Å². The van der Waals surface area contributed by atoms with Gasteiger partial charge in [-0.2, -0.15) is 0 Å². The first kappa shape index (κ1) is 14.4. The summed E-state index contributed by atoms with van der Waals surface area (Å²) in [5.74, 6) is 1.42. The molecule has 0 saturated heterocycles. The van der Waals surface area contributed by atoms with Gasteiger partial charge >= 0.3 is 0 Å². The molecule has 0 saturated carbocycles. The third kappa shape index (κ3) is 3.22. The topological polar surface area (TPSA) is 50.7 Å². The van der Waals surface area contributed by atoms with Crippen LogP contribution in [0.4, 0.5) is 5.82 Å². The van der Waals surface area contributed by atoms with E-state index in [4.69, 9.17) is 0 Å². The monoisotopic (exact) mass is 292 g/mol. The molecule has 0 spiro atoms. The predicted octanol–water partition coefficient (Wildman–Crippen LogP) is 3.80. The van der Waals surface area contributed by atoms with Gasteiger partial charge in [0.25, 0.3) is 0 Å². The van der Waals surface area contributed by atoms with Gasteiger partial charge in [0.15, 0.2) is 5.65 Å². The number of nitrogens with one attached hydrogen (secondary N) is 1. The fourth-order valence-corrected chi connectivity index (χ4v) is 2.43. The molecule has 0 radical (unpaired) electrons. The van der Waals surface area contributed by atoms with Crippen molar-refractivity contribution in [2.45, 2.75) is 26.2 Å². The van der Waals surface area contributed by atoms with Crippen molar-refractivity contribution in [2.75, 3.05) is 11.9 Å². The zero-order valence-corrected chi connectivity index (χ0v) is 13.0. The molecule has 1 N–H and O–H groups in total. The van der Waals surface area contributed by atoms with E-state index in [-0.39, 0.29) is 0 Å². The predicted molar refractivity (Wildman–Crippen MR) is 90.1 cm³/mol. The van der Waals surface area contributed by atoms with E-state index < -0.39 is 0 Å². The van der Waals surface area contributed by atoms with Crippen molar-refractivity contribution >= 4 is 16.9 Å². The third-order valence-electron chi connectivity index (χ3n) is 3.76. The Morgan fingerprint density at radius 2 is 1.82 bits per heavy atom. The van der Waals surface area contributed by atoms with Crippen molar-refractivity contribution in [3.8, 4) is 0 Å². The van der Waals surface area contributed by atoms with E-state index in [2.05, 4.69) is 58.4 Å². The van der Waals surface area contributed by atoms with Crippen molar-refractivity contribution in [1.29, 1.82) is 0 Å². The Morgan fingerprint density at radius 1 is 1.00 bits per heavy atom. The second-order valence-corrected chi connectivity index (χ2v) is 5.67. The number of pyridine rings is 1. The number of aromatic nitrogens is 3. The Labute approximate surface area is 130 Å². The fraction of sp³-hybridized carbons (Fsp3) is 0.278. The molecule has 4 heteroatoms. The number of anilines is 1. The molecular formula is C18H20N4. The Balaban J connectivity index is 1.65. The van der Waals surface area contributed by atoms with Crippen LogP contribution in [0.25, 0.3) is 11.0 Å². The first-order valence-electron chi connectivity index (χ1n) is 7.62. The molecule has 0 aliphatic heterocycles. The SMILES string of the molecule is CC(C)c1ccc(CCNc2ncnc3ncccc23)cc1. The van der Waals surface area contributed by atoms with Crippen molar-refractivity contribution in [3.05, 3.63) is 60.0 Å². The molecule has 0 fully saturated rings. The summed E-state index contributed by atoms with van der Waals surface area (Å²) in [5.41, 5.74) is 3.43. The lowest BCUT2D eigenvalue weighted by Gasteiger charge is -2.09. The van der Waals surface area contributed by atoms with Gasteiger partial charge < -0.3 is 5.32 Å². The summed E-state index contributed by atoms with van der Waals surface area (Å²) in [4.78, 5) is 12.7. The van der Waals surface area contributed by atoms with Crippen LogP contribution in [-0.2, 0) is 6.42 Å². The minimum atomic E-state index is 0.576. The van der Waals surface area contributed by atoms with Gasteiger partial charge in [-0.05, 0) is 35.6 Å². The number of hydrogen-bond donors (Lipinski definition) is 1. The Morgan fingerprint density at radius 3 is 2.59 bits per heavy atom. The van der Waals surface area contributed by atoms with E-state index in [1.54, 1.807) is 12.5 Å². The smallest absolute Gasteiger partial charge is 0.164 e. The molecule has 0 unspecified atom stereocenters. The standard InChI is InChI=1S/C18H20N4/c1-13(2)15-7-5-14(6-8-15)9-11-20-18-16-4-3-10-19-17(16)21-12-22-18/h3-8,10,12-13H,9,11H2,1-2H3,(H,19,20,21,22). The Kier molecular flexibility index (Phi) is 4.28. The van der Waals surface area contributed by atoms with E-state index in [9.17, 15) is 0 Å². The van der Waals surface area contributed by atoms with Crippen LogP contribution in [-0.4, -0.2) is 21.5 Å². The molecule has 2 heterocycles. The fourth-order valence-electron chi connectivity index (χ4n) is 2.43. The summed E-state index contributed by atoms with van der Waals surface area (Å²) in [6.45, 7) is 5.26. The molecule has 0 atom stereocenters. The lowest BCUT2D eigenvalue weighted by molar-refractivity contribution is 0.864. The van der Waals surface area contributed by atoms with Gasteiger partial charge in [0.05, 0.1) is 5.39 Å². The maximum absolute atomic E-state index is 4.31. The number of nitrogens with zero attached hydrogens (tertiary/aromatic N) is 3. The largest absolute Gasteiger partial charge is 0.369 e. The molecule has 0 bridgehead atoms. The van der Waals surface area contributed by atoms with Crippen molar-refractivity contribution < 1.29 is 0 Å². The highest BCUT2D eigenvalue weighted by Crippen LogP contribution is 2.17. The first-order chi connectivity index (χ1) is 10.7. The number of hydrogen-bond acceptors (Lipinski definition) is 4. The molecule has 3 aromatic rings. The summed E-state index contributed by atoms with van der Waals surface area (Å²) in [5, 5.41) is 4.34. The van der Waals surface area contributed by atoms with E-state index in [0.29, 0.717) is 5.92 Å². The third-order valence-corrected chi connectivity index (χ3v) is 3.76. The summed E-state index contributed by atoms with van der Waals surface area (Å²) in [7, 11) is 0. The molecule has 2 aromatic heterocycles. The van der Waals surface area contributed by atoms with Crippen LogP contribution in [0.5, 0.6) is 0 Å². The van der Waals surface area contributed by atoms with Crippen LogP contribution in [0.1, 0.15) is 30.9 Å². The molecular weight excluding hydrogens is 272 g/mol. The second-order valence-electron chi connectivity index (χ2n) is 5.67. The maximum atomic E-state index is 4.31. The average molecular weight is 292 g/mol. The maximum Gasteiger partial charge on any atom is 0.164 e. The number of rotatable bonds is 5. The molecule has 3 rings (SSSR count). The van der Waals surface area contributed by atoms with Crippen LogP contribution in [0, 0.1) is 0 Å². The van der Waals surface area contributed by atoms with Gasteiger partial charge in [-0.3, -0.25) is 0 Å². The minimum absolute atomic E-state index is 0.576. The van der Waals surface area contributed by atoms with Crippen LogP contribution in [0.3, 0.4) is 0 Å². The molecule has 112 valence electrons. The van der Waals surface area contributed by atoms with Gasteiger partial charge in [-0.1, -0.05) is 38.1 Å². The lowest BCUT2D eigenvalue weighted by atomic mass is 10.0. The average Bonchev–Trinajstić information content (AvgIpc) is 2.55. The number of fused-ring (bicyclic) bond motifs is 1. The minimum Gasteiger partial charge on any atom is -0.369 e. The van der Waals surface area contributed by atoms with Gasteiger partial charge in [-0.25, -0.2) is 15.0 Å². The van der Waals surface area contributed by atoms with E-state index in [1.165, 1.54) is 11.1 Å². The van der Waals surface area contributed by atoms with E-state index in [0.717, 1.165) is 29.8 Å². The van der Waals surface area contributed by atoms with Crippen molar-refractivity contribution in [2.24, 2.45) is 0 Å². The van der Waals surface area contributed by atoms with Crippen LogP contribution >= 0.6 is 0 Å². The van der Waals surface area contributed by atoms with Gasteiger partial charge in [0.2, 0.25) is 0 Å². The zero-order valence-electron chi connectivity index (χ0n) is 13.0.